The van der Waals surface area contributed by atoms with Crippen molar-refractivity contribution in [3.05, 3.63) is 30.1 Å². The SMILES string of the molecule is O=C(CCN1C(=O)C2CCCCC2C1=O)NCCOc1ccccc1F. The molecule has 1 aliphatic heterocycles. The Morgan fingerprint density at radius 2 is 1.81 bits per heavy atom. The molecule has 140 valence electrons. The average molecular weight is 362 g/mol. The molecule has 1 aromatic rings. The summed E-state index contributed by atoms with van der Waals surface area (Å²) in [6.07, 6.45) is 3.57. The molecule has 26 heavy (non-hydrogen) atoms. The zero-order chi connectivity index (χ0) is 18.5. The predicted molar refractivity (Wildman–Crippen MR) is 91.7 cm³/mol. The molecule has 7 heteroatoms. The van der Waals surface area contributed by atoms with Crippen molar-refractivity contribution >= 4 is 17.7 Å². The maximum atomic E-state index is 13.4. The van der Waals surface area contributed by atoms with Gasteiger partial charge in [0.15, 0.2) is 11.6 Å². The number of hydrogen-bond acceptors (Lipinski definition) is 4. The van der Waals surface area contributed by atoms with Gasteiger partial charge < -0.3 is 10.1 Å². The number of imide groups is 1. The number of likely N-dealkylation sites (tertiary alicyclic amines) is 1. The summed E-state index contributed by atoms with van der Waals surface area (Å²) in [4.78, 5) is 37.8. The number of nitrogens with zero attached hydrogens (tertiary/aromatic N) is 1. The molecule has 0 spiro atoms. The Morgan fingerprint density at radius 3 is 2.46 bits per heavy atom. The van der Waals surface area contributed by atoms with Crippen molar-refractivity contribution in [3.8, 4) is 5.75 Å². The number of amides is 3. The van der Waals surface area contributed by atoms with Crippen LogP contribution >= 0.6 is 0 Å². The number of rotatable bonds is 7. The van der Waals surface area contributed by atoms with Gasteiger partial charge in [-0.3, -0.25) is 19.3 Å². The van der Waals surface area contributed by atoms with Gasteiger partial charge in [0.05, 0.1) is 18.4 Å². The number of fused-ring (bicyclic) bond motifs is 1. The molecule has 0 bridgehead atoms. The lowest BCUT2D eigenvalue weighted by Gasteiger charge is -2.19. The number of hydrogen-bond donors (Lipinski definition) is 1. The van der Waals surface area contributed by atoms with Crippen molar-refractivity contribution in [3.63, 3.8) is 0 Å². The lowest BCUT2D eigenvalue weighted by atomic mass is 9.81. The van der Waals surface area contributed by atoms with Gasteiger partial charge in [-0.15, -0.1) is 0 Å². The number of halogens is 1. The first kappa shape index (κ1) is 18.4. The van der Waals surface area contributed by atoms with Crippen molar-refractivity contribution in [1.82, 2.24) is 10.2 Å². The molecule has 2 fully saturated rings. The van der Waals surface area contributed by atoms with Crippen LogP contribution in [-0.4, -0.2) is 42.3 Å². The lowest BCUT2D eigenvalue weighted by molar-refractivity contribution is -0.140. The largest absolute Gasteiger partial charge is 0.489 e. The number of para-hydroxylation sites is 1. The Bertz CT molecular complexity index is 670. The van der Waals surface area contributed by atoms with Gasteiger partial charge in [0.25, 0.3) is 0 Å². The van der Waals surface area contributed by atoms with Crippen molar-refractivity contribution in [2.75, 3.05) is 19.7 Å². The molecular formula is C19H23FN2O4. The molecule has 1 saturated carbocycles. The third-order valence-electron chi connectivity index (χ3n) is 5.01. The number of nitrogens with one attached hydrogen (secondary N) is 1. The van der Waals surface area contributed by atoms with E-state index in [-0.39, 0.29) is 61.4 Å². The quantitative estimate of drug-likeness (QED) is 0.594. The molecule has 0 radical (unpaired) electrons. The van der Waals surface area contributed by atoms with Gasteiger partial charge in [0, 0.05) is 13.0 Å². The molecule has 2 atom stereocenters. The third-order valence-corrected chi connectivity index (χ3v) is 5.01. The van der Waals surface area contributed by atoms with E-state index in [9.17, 15) is 18.8 Å². The van der Waals surface area contributed by atoms with Crippen LogP contribution in [0, 0.1) is 17.7 Å². The van der Waals surface area contributed by atoms with Crippen LogP contribution in [0.2, 0.25) is 0 Å². The summed E-state index contributed by atoms with van der Waals surface area (Å²) in [5, 5.41) is 2.65. The maximum absolute atomic E-state index is 13.4. The van der Waals surface area contributed by atoms with Gasteiger partial charge in [0.1, 0.15) is 6.61 Å². The Balaban J connectivity index is 1.38. The van der Waals surface area contributed by atoms with E-state index in [4.69, 9.17) is 4.74 Å². The second-order valence-electron chi connectivity index (χ2n) is 6.70. The van der Waals surface area contributed by atoms with E-state index < -0.39 is 5.82 Å². The highest BCUT2D eigenvalue weighted by molar-refractivity contribution is 6.05. The van der Waals surface area contributed by atoms with Gasteiger partial charge in [-0.25, -0.2) is 4.39 Å². The first-order chi connectivity index (χ1) is 12.6. The standard InChI is InChI=1S/C19H23FN2O4/c20-15-7-3-4-8-16(15)26-12-10-21-17(23)9-11-22-18(24)13-5-1-2-6-14(13)19(22)25/h3-4,7-8,13-14H,1-2,5-6,9-12H2,(H,21,23). The minimum atomic E-state index is -0.452. The summed E-state index contributed by atoms with van der Waals surface area (Å²) in [7, 11) is 0. The Kier molecular flexibility index (Phi) is 5.85. The highest BCUT2D eigenvalue weighted by atomic mass is 19.1. The molecule has 1 N–H and O–H groups in total. The van der Waals surface area contributed by atoms with E-state index in [1.165, 1.54) is 17.0 Å². The normalized spacial score (nSPS) is 22.3. The molecule has 3 amide bonds. The fourth-order valence-electron chi connectivity index (χ4n) is 3.67. The summed E-state index contributed by atoms with van der Waals surface area (Å²) in [5.74, 6) is -1.21. The minimum Gasteiger partial charge on any atom is -0.489 e. The molecule has 2 unspecified atom stereocenters. The van der Waals surface area contributed by atoms with E-state index >= 15 is 0 Å². The van der Waals surface area contributed by atoms with E-state index in [2.05, 4.69) is 5.32 Å². The number of carbonyl (C=O) groups excluding carboxylic acids is 3. The van der Waals surface area contributed by atoms with Crippen LogP contribution in [0.25, 0.3) is 0 Å². The second kappa shape index (κ2) is 8.29. The molecule has 1 aliphatic carbocycles. The number of ether oxygens (including phenoxy) is 1. The third kappa shape index (κ3) is 4.03. The van der Waals surface area contributed by atoms with Crippen molar-refractivity contribution in [2.24, 2.45) is 11.8 Å². The summed E-state index contributed by atoms with van der Waals surface area (Å²) in [6.45, 7) is 0.476. The maximum Gasteiger partial charge on any atom is 0.233 e. The smallest absolute Gasteiger partial charge is 0.233 e. The summed E-state index contributed by atoms with van der Waals surface area (Å²) in [5.41, 5.74) is 0. The molecule has 2 aliphatic rings. The lowest BCUT2D eigenvalue weighted by Crippen LogP contribution is -2.36. The Labute approximate surface area is 151 Å². The number of benzene rings is 1. The summed E-state index contributed by atoms with van der Waals surface area (Å²) in [6, 6.07) is 6.05. The second-order valence-corrected chi connectivity index (χ2v) is 6.70. The summed E-state index contributed by atoms with van der Waals surface area (Å²) < 4.78 is 18.6. The fourth-order valence-corrected chi connectivity index (χ4v) is 3.67. The van der Waals surface area contributed by atoms with Crippen LogP contribution in [0.3, 0.4) is 0 Å². The zero-order valence-electron chi connectivity index (χ0n) is 14.6. The first-order valence-electron chi connectivity index (χ1n) is 9.07. The highest BCUT2D eigenvalue weighted by Crippen LogP contribution is 2.37. The zero-order valence-corrected chi connectivity index (χ0v) is 14.6. The molecule has 1 saturated heterocycles. The fraction of sp³-hybridized carbons (Fsp3) is 0.526. The van der Waals surface area contributed by atoms with Crippen LogP contribution in [0.5, 0.6) is 5.75 Å². The molecule has 0 aromatic heterocycles. The van der Waals surface area contributed by atoms with E-state index in [1.807, 2.05) is 0 Å². The average Bonchev–Trinajstić information content (AvgIpc) is 2.89. The van der Waals surface area contributed by atoms with Crippen molar-refractivity contribution in [1.29, 1.82) is 0 Å². The van der Waals surface area contributed by atoms with Crippen LogP contribution < -0.4 is 10.1 Å². The minimum absolute atomic E-state index is 0.0661. The molecule has 3 rings (SSSR count). The van der Waals surface area contributed by atoms with Crippen LogP contribution in [0.4, 0.5) is 4.39 Å². The number of carbonyl (C=O) groups is 3. The van der Waals surface area contributed by atoms with Gasteiger partial charge >= 0.3 is 0 Å². The molecule has 1 heterocycles. The van der Waals surface area contributed by atoms with E-state index in [0.717, 1.165) is 25.7 Å². The topological polar surface area (TPSA) is 75.7 Å². The van der Waals surface area contributed by atoms with Crippen molar-refractivity contribution in [2.45, 2.75) is 32.1 Å². The Morgan fingerprint density at radius 1 is 1.15 bits per heavy atom. The molecular weight excluding hydrogens is 339 g/mol. The first-order valence-corrected chi connectivity index (χ1v) is 9.07. The van der Waals surface area contributed by atoms with Crippen LogP contribution in [0.1, 0.15) is 32.1 Å². The highest BCUT2D eigenvalue weighted by Gasteiger charge is 2.47. The van der Waals surface area contributed by atoms with Crippen LogP contribution in [0.15, 0.2) is 24.3 Å². The Hall–Kier alpha value is -2.44. The van der Waals surface area contributed by atoms with E-state index in [1.54, 1.807) is 12.1 Å². The van der Waals surface area contributed by atoms with E-state index in [0.29, 0.717) is 0 Å². The van der Waals surface area contributed by atoms with Gasteiger partial charge in [-0.1, -0.05) is 25.0 Å². The summed E-state index contributed by atoms with van der Waals surface area (Å²) >= 11 is 0. The van der Waals surface area contributed by atoms with Crippen LogP contribution in [-0.2, 0) is 14.4 Å². The molecule has 1 aromatic carbocycles. The van der Waals surface area contributed by atoms with Gasteiger partial charge in [0.2, 0.25) is 17.7 Å². The monoisotopic (exact) mass is 362 g/mol. The molecule has 6 nitrogen and oxygen atoms in total. The predicted octanol–water partition coefficient (Wildman–Crippen LogP) is 1.89. The van der Waals surface area contributed by atoms with Crippen molar-refractivity contribution < 1.29 is 23.5 Å². The van der Waals surface area contributed by atoms with Gasteiger partial charge in [-0.05, 0) is 25.0 Å². The van der Waals surface area contributed by atoms with Gasteiger partial charge in [-0.2, -0.15) is 0 Å².